The third-order valence-corrected chi connectivity index (χ3v) is 5.24. The summed E-state index contributed by atoms with van der Waals surface area (Å²) in [4.78, 5) is 60.7. The number of nitrogens with one attached hydrogen (secondary N) is 3. The molecule has 0 rings (SSSR count). The van der Waals surface area contributed by atoms with E-state index in [1.54, 1.807) is 0 Å². The van der Waals surface area contributed by atoms with Crippen LogP contribution in [0.3, 0.4) is 0 Å². The molecule has 0 bridgehead atoms. The van der Waals surface area contributed by atoms with Crippen LogP contribution in [0.1, 0.15) is 72.6 Å². The average Bonchev–Trinajstić information content (AvgIpc) is 2.73. The number of carboxylic acid groups (broad SMARTS) is 2. The van der Waals surface area contributed by atoms with Gasteiger partial charge in [0.15, 0.2) is 0 Å². The van der Waals surface area contributed by atoms with Crippen LogP contribution >= 0.6 is 0 Å². The number of carbonyl (C=O) groups is 5. The number of aliphatic carboxylic acids is 2. The molecule has 12 heteroatoms. The summed E-state index contributed by atoms with van der Waals surface area (Å²) in [5, 5.41) is 25.8. The zero-order valence-corrected chi connectivity index (χ0v) is 21.2. The Labute approximate surface area is 206 Å². The Morgan fingerprint density at radius 3 is 1.71 bits per heavy atom. The molecule has 0 aliphatic heterocycles. The van der Waals surface area contributed by atoms with Crippen LogP contribution in [0.15, 0.2) is 0 Å². The van der Waals surface area contributed by atoms with Gasteiger partial charge in [-0.05, 0) is 56.9 Å². The van der Waals surface area contributed by atoms with Crippen LogP contribution in [0, 0.1) is 11.8 Å². The van der Waals surface area contributed by atoms with Gasteiger partial charge in [-0.2, -0.15) is 0 Å². The highest BCUT2D eigenvalue weighted by Gasteiger charge is 2.30. The second kappa shape index (κ2) is 16.8. The zero-order chi connectivity index (χ0) is 27.1. The minimum absolute atomic E-state index is 0.0295. The van der Waals surface area contributed by atoms with E-state index in [0.717, 1.165) is 0 Å². The first-order valence-electron chi connectivity index (χ1n) is 12.1. The molecule has 0 fully saturated rings. The SMILES string of the molecule is CC(C)CC(N)C(=O)NC(CCCCN)C(=O)NC(CC(C)C)C(=O)NC(CCC(=O)O)C(=O)O. The van der Waals surface area contributed by atoms with Crippen molar-refractivity contribution in [1.82, 2.24) is 16.0 Å². The van der Waals surface area contributed by atoms with Gasteiger partial charge in [-0.25, -0.2) is 4.79 Å². The highest BCUT2D eigenvalue weighted by Crippen LogP contribution is 2.10. The van der Waals surface area contributed by atoms with E-state index < -0.39 is 60.2 Å². The minimum atomic E-state index is -1.42. The summed E-state index contributed by atoms with van der Waals surface area (Å²) in [7, 11) is 0. The molecule has 0 heterocycles. The van der Waals surface area contributed by atoms with Crippen LogP contribution in [0.4, 0.5) is 0 Å². The van der Waals surface area contributed by atoms with Gasteiger partial charge in [0.05, 0.1) is 6.04 Å². The molecule has 0 saturated heterocycles. The number of amides is 3. The predicted molar refractivity (Wildman–Crippen MR) is 130 cm³/mol. The number of hydrogen-bond donors (Lipinski definition) is 7. The van der Waals surface area contributed by atoms with E-state index in [1.807, 2.05) is 27.7 Å². The van der Waals surface area contributed by atoms with Gasteiger partial charge in [0.1, 0.15) is 18.1 Å². The van der Waals surface area contributed by atoms with Gasteiger partial charge in [0.25, 0.3) is 0 Å². The number of carbonyl (C=O) groups excluding carboxylic acids is 3. The molecule has 0 spiro atoms. The molecule has 0 aliphatic carbocycles. The van der Waals surface area contributed by atoms with Gasteiger partial charge in [-0.15, -0.1) is 0 Å². The number of hydrogen-bond acceptors (Lipinski definition) is 7. The molecule has 4 atom stereocenters. The molecule has 0 aromatic carbocycles. The normalized spacial score (nSPS) is 14.6. The summed E-state index contributed by atoms with van der Waals surface area (Å²) in [5.41, 5.74) is 11.5. The topological polar surface area (TPSA) is 214 Å². The van der Waals surface area contributed by atoms with Gasteiger partial charge >= 0.3 is 11.9 Å². The number of rotatable bonds is 18. The lowest BCUT2D eigenvalue weighted by Gasteiger charge is -2.26. The van der Waals surface area contributed by atoms with Crippen molar-refractivity contribution in [2.24, 2.45) is 23.3 Å². The molecule has 0 aromatic rings. The van der Waals surface area contributed by atoms with Crippen molar-refractivity contribution >= 4 is 29.7 Å². The summed E-state index contributed by atoms with van der Waals surface area (Å²) in [6.07, 6.45) is 1.39. The number of nitrogens with two attached hydrogens (primary N) is 2. The number of carboxylic acids is 2. The van der Waals surface area contributed by atoms with Crippen LogP contribution in [0.25, 0.3) is 0 Å². The van der Waals surface area contributed by atoms with E-state index >= 15 is 0 Å². The highest BCUT2D eigenvalue weighted by molar-refractivity contribution is 5.94. The molecule has 202 valence electrons. The van der Waals surface area contributed by atoms with Crippen molar-refractivity contribution < 1.29 is 34.2 Å². The van der Waals surface area contributed by atoms with Crippen LogP contribution in [0.2, 0.25) is 0 Å². The maximum absolute atomic E-state index is 13.1. The molecule has 0 aromatic heterocycles. The quantitative estimate of drug-likeness (QED) is 0.125. The van der Waals surface area contributed by atoms with Crippen molar-refractivity contribution in [2.45, 2.75) is 96.8 Å². The smallest absolute Gasteiger partial charge is 0.326 e. The van der Waals surface area contributed by atoms with E-state index in [0.29, 0.717) is 25.8 Å². The van der Waals surface area contributed by atoms with Gasteiger partial charge in [0.2, 0.25) is 17.7 Å². The van der Waals surface area contributed by atoms with E-state index in [-0.39, 0.29) is 31.1 Å². The van der Waals surface area contributed by atoms with Gasteiger partial charge < -0.3 is 37.6 Å². The fourth-order valence-electron chi connectivity index (χ4n) is 3.43. The predicted octanol–water partition coefficient (Wildman–Crippen LogP) is -0.0613. The first-order valence-corrected chi connectivity index (χ1v) is 12.1. The van der Waals surface area contributed by atoms with E-state index in [4.69, 9.17) is 16.6 Å². The lowest BCUT2D eigenvalue weighted by Crippen LogP contribution is -2.57. The van der Waals surface area contributed by atoms with Crippen LogP contribution in [0.5, 0.6) is 0 Å². The summed E-state index contributed by atoms with van der Waals surface area (Å²) in [6.45, 7) is 7.93. The summed E-state index contributed by atoms with van der Waals surface area (Å²) >= 11 is 0. The van der Waals surface area contributed by atoms with E-state index in [9.17, 15) is 29.1 Å². The summed E-state index contributed by atoms with van der Waals surface area (Å²) < 4.78 is 0. The second-order valence-corrected chi connectivity index (χ2v) is 9.60. The molecule has 12 nitrogen and oxygen atoms in total. The molecule has 35 heavy (non-hydrogen) atoms. The molecular formula is C23H43N5O7. The maximum Gasteiger partial charge on any atom is 0.326 e. The Kier molecular flexibility index (Phi) is 15.5. The van der Waals surface area contributed by atoms with Crippen molar-refractivity contribution in [3.63, 3.8) is 0 Å². The van der Waals surface area contributed by atoms with Crippen LogP contribution in [-0.4, -0.2) is 70.6 Å². The highest BCUT2D eigenvalue weighted by atomic mass is 16.4. The molecular weight excluding hydrogens is 458 g/mol. The van der Waals surface area contributed by atoms with Crippen LogP contribution < -0.4 is 27.4 Å². The minimum Gasteiger partial charge on any atom is -0.481 e. The third-order valence-electron chi connectivity index (χ3n) is 5.24. The molecule has 0 saturated carbocycles. The third kappa shape index (κ3) is 14.3. The first kappa shape index (κ1) is 32.3. The van der Waals surface area contributed by atoms with Gasteiger partial charge in [-0.3, -0.25) is 19.2 Å². The van der Waals surface area contributed by atoms with E-state index in [1.165, 1.54) is 0 Å². The zero-order valence-electron chi connectivity index (χ0n) is 21.2. The molecule has 0 radical (unpaired) electrons. The largest absolute Gasteiger partial charge is 0.481 e. The standard InChI is InChI=1S/C23H43N5O7/c1-13(2)11-15(25)20(31)26-16(7-5-6-10-24)21(32)28-18(12-14(3)4)22(33)27-17(23(34)35)8-9-19(29)30/h13-18H,5-12,24-25H2,1-4H3,(H,26,31)(H,27,33)(H,28,32)(H,29,30)(H,34,35). The second-order valence-electron chi connectivity index (χ2n) is 9.60. The summed E-state index contributed by atoms with van der Waals surface area (Å²) in [6, 6.07) is -4.23. The summed E-state index contributed by atoms with van der Waals surface area (Å²) in [5.74, 6) is -4.22. The Bertz CT molecular complexity index is 714. The van der Waals surface area contributed by atoms with Crippen molar-refractivity contribution in [3.8, 4) is 0 Å². The monoisotopic (exact) mass is 501 g/mol. The molecule has 3 amide bonds. The lowest BCUT2D eigenvalue weighted by molar-refractivity contribution is -0.143. The van der Waals surface area contributed by atoms with Gasteiger partial charge in [0, 0.05) is 6.42 Å². The average molecular weight is 502 g/mol. The van der Waals surface area contributed by atoms with Gasteiger partial charge in [-0.1, -0.05) is 27.7 Å². The first-order chi connectivity index (χ1) is 16.3. The number of unbranched alkanes of at least 4 members (excludes halogenated alkanes) is 1. The fraction of sp³-hybridized carbons (Fsp3) is 0.783. The van der Waals surface area contributed by atoms with Crippen molar-refractivity contribution in [1.29, 1.82) is 0 Å². The Morgan fingerprint density at radius 1 is 0.714 bits per heavy atom. The molecule has 0 aliphatic rings. The Hall–Kier alpha value is -2.73. The fourth-order valence-corrected chi connectivity index (χ4v) is 3.43. The van der Waals surface area contributed by atoms with Crippen molar-refractivity contribution in [2.75, 3.05) is 6.54 Å². The maximum atomic E-state index is 13.1. The Morgan fingerprint density at radius 2 is 1.23 bits per heavy atom. The lowest BCUT2D eigenvalue weighted by atomic mass is 10.0. The molecule has 4 unspecified atom stereocenters. The van der Waals surface area contributed by atoms with Crippen LogP contribution in [-0.2, 0) is 24.0 Å². The Balaban J connectivity index is 5.51. The van der Waals surface area contributed by atoms with E-state index in [2.05, 4.69) is 16.0 Å². The van der Waals surface area contributed by atoms with Crippen molar-refractivity contribution in [3.05, 3.63) is 0 Å². The molecule has 9 N–H and O–H groups in total.